The van der Waals surface area contributed by atoms with Gasteiger partial charge in [-0.05, 0) is 38.3 Å². The molecule has 1 saturated heterocycles. The third-order valence-corrected chi connectivity index (χ3v) is 7.14. The molecule has 0 spiro atoms. The third-order valence-electron chi connectivity index (χ3n) is 7.14. The quantitative estimate of drug-likeness (QED) is 0.413. The van der Waals surface area contributed by atoms with Gasteiger partial charge in [-0.25, -0.2) is 0 Å². The summed E-state index contributed by atoms with van der Waals surface area (Å²) in [4.78, 5) is 15.6. The van der Waals surface area contributed by atoms with Crippen molar-refractivity contribution in [1.82, 2.24) is 4.90 Å². The van der Waals surface area contributed by atoms with Crippen molar-refractivity contribution in [3.05, 3.63) is 47.9 Å². The molecule has 0 radical (unpaired) electrons. The average Bonchev–Trinajstić information content (AvgIpc) is 3.32. The number of hydrogen-bond donors (Lipinski definition) is 1. The summed E-state index contributed by atoms with van der Waals surface area (Å²) in [5.74, 6) is 0.115. The molecule has 2 aliphatic heterocycles. The van der Waals surface area contributed by atoms with Crippen LogP contribution in [0, 0.1) is 5.92 Å². The van der Waals surface area contributed by atoms with Gasteiger partial charge in [0.2, 0.25) is 6.29 Å². The Bertz CT molecular complexity index is 995. The monoisotopic (exact) mass is 515 g/mol. The van der Waals surface area contributed by atoms with Gasteiger partial charge < -0.3 is 33.4 Å². The Hall–Kier alpha value is -2.39. The summed E-state index contributed by atoms with van der Waals surface area (Å²) in [6.45, 7) is 5.61. The molecule has 3 atom stereocenters. The lowest BCUT2D eigenvalue weighted by Crippen LogP contribution is -2.41. The van der Waals surface area contributed by atoms with E-state index in [0.717, 1.165) is 55.3 Å². The van der Waals surface area contributed by atoms with Crippen LogP contribution >= 0.6 is 0 Å². The molecule has 8 nitrogen and oxygen atoms in total. The molecule has 204 valence electrons. The first-order valence-electron chi connectivity index (χ1n) is 13.7. The standard InChI is InChI=1S/C29H41NO7/c1-2-35-29-23(12-16-33-18-19-34-17-15-31)24(25-21-36-26-11-7-6-10-22(25)26)20-27(37-29)28(32)30-13-8-4-3-5-9-14-30/h6-7,10-11,20-21,23-24,29,31H,2-5,8-9,12-19H2,1H3/t23-,24-,29+/m1/s1. The number of nitrogens with zero attached hydrogens (tertiary/aromatic N) is 1. The molecular formula is C29H41NO7. The van der Waals surface area contributed by atoms with Crippen LogP contribution in [-0.2, 0) is 23.7 Å². The minimum absolute atomic E-state index is 0.000598. The molecule has 1 N–H and O–H groups in total. The van der Waals surface area contributed by atoms with Gasteiger partial charge in [-0.3, -0.25) is 4.79 Å². The van der Waals surface area contributed by atoms with Crippen LogP contribution in [0.25, 0.3) is 11.0 Å². The highest BCUT2D eigenvalue weighted by Gasteiger charge is 2.40. The van der Waals surface area contributed by atoms with Crippen molar-refractivity contribution < 1.29 is 33.3 Å². The lowest BCUT2D eigenvalue weighted by molar-refractivity contribution is -0.172. The fourth-order valence-corrected chi connectivity index (χ4v) is 5.26. The van der Waals surface area contributed by atoms with Crippen LogP contribution in [-0.4, -0.2) is 74.9 Å². The normalized spacial score (nSPS) is 22.8. The highest BCUT2D eigenvalue weighted by Crippen LogP contribution is 2.42. The summed E-state index contributed by atoms with van der Waals surface area (Å²) in [7, 11) is 0. The molecule has 4 rings (SSSR count). The molecule has 37 heavy (non-hydrogen) atoms. The van der Waals surface area contributed by atoms with E-state index in [1.165, 1.54) is 6.42 Å². The lowest BCUT2D eigenvalue weighted by atomic mass is 9.81. The van der Waals surface area contributed by atoms with E-state index in [0.29, 0.717) is 45.2 Å². The van der Waals surface area contributed by atoms with Crippen molar-refractivity contribution in [2.75, 3.05) is 52.7 Å². The molecule has 0 saturated carbocycles. The number of fused-ring (bicyclic) bond motifs is 1. The van der Waals surface area contributed by atoms with Crippen LogP contribution in [0.1, 0.15) is 56.9 Å². The van der Waals surface area contributed by atoms with E-state index in [2.05, 4.69) is 6.07 Å². The Morgan fingerprint density at radius 3 is 2.51 bits per heavy atom. The SMILES string of the molecule is CCO[C@H]1OC(C(=O)N2CCCCCCC2)=C[C@@H](c2coc3ccccc23)[C@H]1CCOCCOCCO. The summed E-state index contributed by atoms with van der Waals surface area (Å²) < 4.78 is 29.4. The molecular weight excluding hydrogens is 474 g/mol. The van der Waals surface area contributed by atoms with E-state index in [-0.39, 0.29) is 24.3 Å². The predicted molar refractivity (Wildman–Crippen MR) is 140 cm³/mol. The molecule has 0 unspecified atom stereocenters. The van der Waals surface area contributed by atoms with E-state index in [1.807, 2.05) is 36.1 Å². The number of likely N-dealkylation sites (tertiary alicyclic amines) is 1. The summed E-state index contributed by atoms with van der Waals surface area (Å²) in [6, 6.07) is 7.97. The number of carbonyl (C=O) groups excluding carboxylic acids is 1. The largest absolute Gasteiger partial charge is 0.464 e. The summed E-state index contributed by atoms with van der Waals surface area (Å²) in [5, 5.41) is 9.88. The number of ether oxygens (including phenoxy) is 4. The second-order valence-electron chi connectivity index (χ2n) is 9.65. The number of carbonyl (C=O) groups is 1. The van der Waals surface area contributed by atoms with E-state index >= 15 is 0 Å². The maximum atomic E-state index is 13.6. The van der Waals surface area contributed by atoms with Crippen LogP contribution in [0.3, 0.4) is 0 Å². The van der Waals surface area contributed by atoms with Crippen LogP contribution in [0.4, 0.5) is 0 Å². The van der Waals surface area contributed by atoms with Gasteiger partial charge in [0.25, 0.3) is 5.91 Å². The first-order valence-corrected chi connectivity index (χ1v) is 13.7. The number of para-hydroxylation sites is 1. The van der Waals surface area contributed by atoms with Crippen LogP contribution in [0.15, 0.2) is 46.8 Å². The van der Waals surface area contributed by atoms with Crippen molar-refractivity contribution in [2.45, 2.75) is 57.7 Å². The van der Waals surface area contributed by atoms with Gasteiger partial charge in [-0.15, -0.1) is 0 Å². The van der Waals surface area contributed by atoms with Crippen LogP contribution in [0.2, 0.25) is 0 Å². The van der Waals surface area contributed by atoms with E-state index in [1.54, 1.807) is 6.26 Å². The topological polar surface area (TPSA) is 90.6 Å². The van der Waals surface area contributed by atoms with E-state index in [4.69, 9.17) is 28.5 Å². The highest BCUT2D eigenvalue weighted by molar-refractivity contribution is 5.92. The smallest absolute Gasteiger partial charge is 0.288 e. The zero-order chi connectivity index (χ0) is 25.9. The number of aliphatic hydroxyl groups is 1. The number of hydrogen-bond acceptors (Lipinski definition) is 7. The highest BCUT2D eigenvalue weighted by atomic mass is 16.7. The van der Waals surface area contributed by atoms with Crippen molar-refractivity contribution in [3.63, 3.8) is 0 Å². The minimum atomic E-state index is -0.573. The van der Waals surface area contributed by atoms with Crippen LogP contribution < -0.4 is 0 Å². The molecule has 1 fully saturated rings. The van der Waals surface area contributed by atoms with Gasteiger partial charge in [-0.1, -0.05) is 37.5 Å². The fourth-order valence-electron chi connectivity index (χ4n) is 5.26. The molecule has 1 aromatic carbocycles. The molecule has 2 aliphatic rings. The van der Waals surface area contributed by atoms with Crippen LogP contribution in [0.5, 0.6) is 0 Å². The summed E-state index contributed by atoms with van der Waals surface area (Å²) in [6.07, 6.45) is 9.47. The van der Waals surface area contributed by atoms with Crippen molar-refractivity contribution in [3.8, 4) is 0 Å². The van der Waals surface area contributed by atoms with Gasteiger partial charge >= 0.3 is 0 Å². The summed E-state index contributed by atoms with van der Waals surface area (Å²) in [5.41, 5.74) is 1.84. The van der Waals surface area contributed by atoms with Gasteiger partial charge in [0.1, 0.15) is 5.58 Å². The fraction of sp³-hybridized carbons (Fsp3) is 0.621. The molecule has 0 aliphatic carbocycles. The van der Waals surface area contributed by atoms with Gasteiger partial charge in [0, 0.05) is 49.1 Å². The summed E-state index contributed by atoms with van der Waals surface area (Å²) >= 11 is 0. The number of allylic oxidation sites excluding steroid dienone is 1. The maximum Gasteiger partial charge on any atom is 0.288 e. The molecule has 3 heterocycles. The number of furan rings is 1. The lowest BCUT2D eigenvalue weighted by Gasteiger charge is -2.38. The van der Waals surface area contributed by atoms with Crippen molar-refractivity contribution >= 4 is 16.9 Å². The second-order valence-corrected chi connectivity index (χ2v) is 9.65. The minimum Gasteiger partial charge on any atom is -0.464 e. The predicted octanol–water partition coefficient (Wildman–Crippen LogP) is 4.62. The van der Waals surface area contributed by atoms with Crippen molar-refractivity contribution in [1.29, 1.82) is 0 Å². The van der Waals surface area contributed by atoms with Gasteiger partial charge in [-0.2, -0.15) is 0 Å². The number of amides is 1. The Morgan fingerprint density at radius 1 is 1.03 bits per heavy atom. The van der Waals surface area contributed by atoms with E-state index < -0.39 is 6.29 Å². The zero-order valence-electron chi connectivity index (χ0n) is 21.9. The zero-order valence-corrected chi connectivity index (χ0v) is 21.9. The van der Waals surface area contributed by atoms with Gasteiger partial charge in [0.05, 0.1) is 32.7 Å². The first kappa shape index (κ1) is 27.6. The molecule has 8 heteroatoms. The maximum absolute atomic E-state index is 13.6. The first-order chi connectivity index (χ1) is 18.2. The number of rotatable bonds is 12. The van der Waals surface area contributed by atoms with E-state index in [9.17, 15) is 4.79 Å². The Kier molecular flexibility index (Phi) is 10.8. The average molecular weight is 516 g/mol. The third kappa shape index (κ3) is 7.35. The number of benzene rings is 1. The Morgan fingerprint density at radius 2 is 1.76 bits per heavy atom. The number of aliphatic hydroxyl groups excluding tert-OH is 1. The van der Waals surface area contributed by atoms with Crippen molar-refractivity contribution in [2.24, 2.45) is 5.92 Å². The molecule has 2 aromatic rings. The molecule has 1 amide bonds. The molecule has 1 aromatic heterocycles. The molecule has 0 bridgehead atoms. The Labute approximate surface area is 219 Å². The Balaban J connectivity index is 1.58. The second kappa shape index (κ2) is 14.5. The van der Waals surface area contributed by atoms with Gasteiger partial charge in [0.15, 0.2) is 5.76 Å².